The van der Waals surface area contributed by atoms with Crippen LogP contribution in [0.2, 0.25) is 0 Å². The van der Waals surface area contributed by atoms with Crippen LogP contribution in [0.3, 0.4) is 0 Å². The maximum atomic E-state index is 4.35. The topological polar surface area (TPSA) is 34.0 Å². The number of likely N-dealkylation sites (tertiary alicyclic amines) is 1. The van der Waals surface area contributed by atoms with Crippen LogP contribution in [0.1, 0.15) is 63.6 Å². The third-order valence-corrected chi connectivity index (χ3v) is 4.72. The number of aromatic nitrogens is 3. The number of piperidine rings is 1. The zero-order valence-electron chi connectivity index (χ0n) is 12.3. The molecule has 1 aromatic rings. The number of rotatable bonds is 5. The summed E-state index contributed by atoms with van der Waals surface area (Å²) in [6.45, 7) is 8.33. The Balaban J connectivity index is 1.51. The maximum Gasteiger partial charge on any atom is 0.0858 e. The van der Waals surface area contributed by atoms with Crippen LogP contribution >= 0.6 is 0 Å². The molecule has 2 fully saturated rings. The Morgan fingerprint density at radius 3 is 2.63 bits per heavy atom. The number of hydrogen-bond acceptors (Lipinski definition) is 3. The molecule has 1 aliphatic heterocycles. The van der Waals surface area contributed by atoms with Crippen molar-refractivity contribution in [2.24, 2.45) is 5.92 Å². The minimum atomic E-state index is 0.577. The highest BCUT2D eigenvalue weighted by Crippen LogP contribution is 2.39. The van der Waals surface area contributed by atoms with Crippen LogP contribution in [0.4, 0.5) is 0 Å². The minimum absolute atomic E-state index is 0.577. The first-order valence-electron chi connectivity index (χ1n) is 7.90. The summed E-state index contributed by atoms with van der Waals surface area (Å²) in [7, 11) is 0. The molecule has 0 aromatic carbocycles. The van der Waals surface area contributed by atoms with Gasteiger partial charge in [-0.3, -0.25) is 0 Å². The van der Waals surface area contributed by atoms with Crippen LogP contribution in [0.15, 0.2) is 6.20 Å². The molecule has 0 amide bonds. The molecule has 0 spiro atoms. The molecule has 19 heavy (non-hydrogen) atoms. The second-order valence-corrected chi connectivity index (χ2v) is 6.44. The first-order chi connectivity index (χ1) is 9.26. The third-order valence-electron chi connectivity index (χ3n) is 4.72. The fraction of sp³-hybridized carbons (Fsp3) is 0.867. The Hall–Kier alpha value is -0.900. The first-order valence-corrected chi connectivity index (χ1v) is 7.90. The standard InChI is InChI=1S/C15H26N4/c1-3-12(2)10-18-8-6-14(7-9-18)19-11-15(16-17-19)13-4-5-13/h11-14H,3-10H2,1-2H3/t12-/m0/s1. The van der Waals surface area contributed by atoms with E-state index in [2.05, 4.69) is 39.9 Å². The Labute approximate surface area is 116 Å². The molecule has 106 valence electrons. The van der Waals surface area contributed by atoms with Gasteiger partial charge in [-0.25, -0.2) is 4.68 Å². The van der Waals surface area contributed by atoms with Gasteiger partial charge in [-0.1, -0.05) is 25.5 Å². The predicted octanol–water partition coefficient (Wildman–Crippen LogP) is 2.84. The SMILES string of the molecule is CC[C@H](C)CN1CCC(n2cc(C3CC3)nn2)CC1. The van der Waals surface area contributed by atoms with Crippen molar-refractivity contribution in [3.8, 4) is 0 Å². The fourth-order valence-corrected chi connectivity index (χ4v) is 2.97. The lowest BCUT2D eigenvalue weighted by Gasteiger charge is -2.33. The molecule has 0 N–H and O–H groups in total. The Bertz CT molecular complexity index is 402. The molecule has 0 unspecified atom stereocenters. The lowest BCUT2D eigenvalue weighted by atomic mass is 10.0. The quantitative estimate of drug-likeness (QED) is 0.818. The lowest BCUT2D eigenvalue weighted by Crippen LogP contribution is -2.37. The summed E-state index contributed by atoms with van der Waals surface area (Å²) < 4.78 is 2.13. The molecule has 2 aliphatic rings. The van der Waals surface area contributed by atoms with Gasteiger partial charge in [0.1, 0.15) is 0 Å². The van der Waals surface area contributed by atoms with E-state index >= 15 is 0 Å². The second-order valence-electron chi connectivity index (χ2n) is 6.44. The van der Waals surface area contributed by atoms with Crippen molar-refractivity contribution in [1.82, 2.24) is 19.9 Å². The van der Waals surface area contributed by atoms with Crippen LogP contribution in [0.5, 0.6) is 0 Å². The predicted molar refractivity (Wildman–Crippen MR) is 76.2 cm³/mol. The van der Waals surface area contributed by atoms with E-state index in [0.29, 0.717) is 6.04 Å². The zero-order chi connectivity index (χ0) is 13.2. The summed E-state index contributed by atoms with van der Waals surface area (Å²) in [5, 5.41) is 8.68. The van der Waals surface area contributed by atoms with Gasteiger partial charge in [0.25, 0.3) is 0 Å². The smallest absolute Gasteiger partial charge is 0.0858 e. The number of nitrogens with zero attached hydrogens (tertiary/aromatic N) is 4. The van der Waals surface area contributed by atoms with Gasteiger partial charge < -0.3 is 4.90 Å². The molecule has 3 rings (SSSR count). The van der Waals surface area contributed by atoms with Crippen molar-refractivity contribution in [2.45, 2.75) is 57.9 Å². The van der Waals surface area contributed by atoms with Crippen LogP contribution in [-0.4, -0.2) is 39.5 Å². The maximum absolute atomic E-state index is 4.35. The van der Waals surface area contributed by atoms with E-state index in [1.807, 2.05) is 0 Å². The monoisotopic (exact) mass is 262 g/mol. The number of hydrogen-bond donors (Lipinski definition) is 0. The normalized spacial score (nSPS) is 23.7. The van der Waals surface area contributed by atoms with Gasteiger partial charge in [0.15, 0.2) is 0 Å². The highest BCUT2D eigenvalue weighted by atomic mass is 15.4. The summed E-state index contributed by atoms with van der Waals surface area (Å²) >= 11 is 0. The van der Waals surface area contributed by atoms with E-state index in [-0.39, 0.29) is 0 Å². The molecule has 1 atom stereocenters. The molecular weight excluding hydrogens is 236 g/mol. The fourth-order valence-electron chi connectivity index (χ4n) is 2.97. The van der Waals surface area contributed by atoms with E-state index in [1.165, 1.54) is 57.4 Å². The highest BCUT2D eigenvalue weighted by Gasteiger charge is 2.28. The molecule has 4 heteroatoms. The average molecular weight is 262 g/mol. The molecule has 0 bridgehead atoms. The van der Waals surface area contributed by atoms with Crippen molar-refractivity contribution in [3.05, 3.63) is 11.9 Å². The van der Waals surface area contributed by atoms with E-state index in [0.717, 1.165) is 11.8 Å². The van der Waals surface area contributed by atoms with Gasteiger partial charge >= 0.3 is 0 Å². The summed E-state index contributed by atoms with van der Waals surface area (Å²) in [4.78, 5) is 2.61. The van der Waals surface area contributed by atoms with Gasteiger partial charge in [0.05, 0.1) is 11.7 Å². The molecule has 1 aromatic heterocycles. The Morgan fingerprint density at radius 1 is 1.26 bits per heavy atom. The average Bonchev–Trinajstić information content (AvgIpc) is 3.17. The summed E-state index contributed by atoms with van der Waals surface area (Å²) in [5.41, 5.74) is 1.22. The summed E-state index contributed by atoms with van der Waals surface area (Å²) in [6, 6.07) is 0.577. The van der Waals surface area contributed by atoms with Crippen LogP contribution in [0, 0.1) is 5.92 Å². The second kappa shape index (κ2) is 5.61. The molecule has 4 nitrogen and oxygen atoms in total. The van der Waals surface area contributed by atoms with Gasteiger partial charge in [-0.05, 0) is 31.6 Å². The summed E-state index contributed by atoms with van der Waals surface area (Å²) in [6.07, 6.45) is 8.56. The third kappa shape index (κ3) is 3.16. The lowest BCUT2D eigenvalue weighted by molar-refractivity contribution is 0.159. The molecular formula is C15H26N4. The molecule has 1 saturated carbocycles. The first kappa shape index (κ1) is 13.1. The highest BCUT2D eigenvalue weighted by molar-refractivity contribution is 5.09. The molecule has 1 saturated heterocycles. The van der Waals surface area contributed by atoms with Gasteiger partial charge in [0.2, 0.25) is 0 Å². The minimum Gasteiger partial charge on any atom is -0.303 e. The van der Waals surface area contributed by atoms with Crippen molar-refractivity contribution in [1.29, 1.82) is 0 Å². The van der Waals surface area contributed by atoms with Crippen LogP contribution in [-0.2, 0) is 0 Å². The van der Waals surface area contributed by atoms with Crippen molar-refractivity contribution in [2.75, 3.05) is 19.6 Å². The molecule has 2 heterocycles. The van der Waals surface area contributed by atoms with Gasteiger partial charge in [-0.2, -0.15) is 0 Å². The Kier molecular flexibility index (Phi) is 3.87. The largest absolute Gasteiger partial charge is 0.303 e. The van der Waals surface area contributed by atoms with E-state index in [9.17, 15) is 0 Å². The van der Waals surface area contributed by atoms with Crippen molar-refractivity contribution in [3.63, 3.8) is 0 Å². The van der Waals surface area contributed by atoms with Gasteiger partial charge in [0, 0.05) is 31.7 Å². The van der Waals surface area contributed by atoms with E-state index in [1.54, 1.807) is 0 Å². The van der Waals surface area contributed by atoms with Crippen LogP contribution in [0.25, 0.3) is 0 Å². The Morgan fingerprint density at radius 2 is 2.00 bits per heavy atom. The molecule has 0 radical (unpaired) electrons. The van der Waals surface area contributed by atoms with Crippen molar-refractivity contribution < 1.29 is 0 Å². The summed E-state index contributed by atoms with van der Waals surface area (Å²) in [5.74, 6) is 1.55. The van der Waals surface area contributed by atoms with E-state index in [4.69, 9.17) is 0 Å². The zero-order valence-corrected chi connectivity index (χ0v) is 12.3. The molecule has 1 aliphatic carbocycles. The van der Waals surface area contributed by atoms with Crippen LogP contribution < -0.4 is 0 Å². The van der Waals surface area contributed by atoms with Gasteiger partial charge in [-0.15, -0.1) is 5.10 Å². The van der Waals surface area contributed by atoms with E-state index < -0.39 is 0 Å². The van der Waals surface area contributed by atoms with Crippen molar-refractivity contribution >= 4 is 0 Å².